The van der Waals surface area contributed by atoms with Gasteiger partial charge < -0.3 is 9.84 Å². The third kappa shape index (κ3) is 4.21. The Morgan fingerprint density at radius 2 is 1.68 bits per heavy atom. The lowest BCUT2D eigenvalue weighted by Crippen LogP contribution is -2.44. The minimum atomic E-state index is -4.71. The second-order valence-electron chi connectivity index (χ2n) is 7.82. The van der Waals surface area contributed by atoms with Crippen molar-refractivity contribution in [2.24, 2.45) is 0 Å². The van der Waals surface area contributed by atoms with E-state index in [1.165, 1.54) is 6.07 Å². The number of carbonyl (C=O) groups is 1. The molecule has 28 heavy (non-hydrogen) atoms. The van der Waals surface area contributed by atoms with E-state index in [2.05, 4.69) is 10.5 Å². The van der Waals surface area contributed by atoms with Gasteiger partial charge >= 0.3 is 6.18 Å². The number of hydrogen-bond acceptors (Lipinski definition) is 5. The summed E-state index contributed by atoms with van der Waals surface area (Å²) in [6, 6.07) is 4.74. The first kappa shape index (κ1) is 21.9. The van der Waals surface area contributed by atoms with Gasteiger partial charge in [0.1, 0.15) is 10.5 Å². The molecular weight excluding hydrogens is 397 g/mol. The Morgan fingerprint density at radius 3 is 2.18 bits per heavy atom. The molecule has 0 saturated carbocycles. The van der Waals surface area contributed by atoms with Gasteiger partial charge in [0.15, 0.2) is 15.7 Å². The molecule has 0 aliphatic carbocycles. The number of rotatable bonds is 4. The minimum Gasteiger partial charge on any atom is -0.359 e. The van der Waals surface area contributed by atoms with Crippen LogP contribution in [0.3, 0.4) is 0 Å². The quantitative estimate of drug-likeness (QED) is 0.805. The van der Waals surface area contributed by atoms with Crippen molar-refractivity contribution in [3.8, 4) is 0 Å². The Labute approximate surface area is 161 Å². The van der Waals surface area contributed by atoms with Crippen molar-refractivity contribution in [1.82, 2.24) is 5.16 Å². The molecule has 0 aliphatic rings. The van der Waals surface area contributed by atoms with E-state index in [0.29, 0.717) is 11.8 Å². The van der Waals surface area contributed by atoms with Gasteiger partial charge in [-0.3, -0.25) is 4.79 Å². The molecule has 0 bridgehead atoms. The van der Waals surface area contributed by atoms with Gasteiger partial charge in [-0.25, -0.2) is 8.42 Å². The minimum absolute atomic E-state index is 0.0160. The predicted molar refractivity (Wildman–Crippen MR) is 96.5 cm³/mol. The number of nitrogens with one attached hydrogen (secondary N) is 1. The lowest BCUT2D eigenvalue weighted by atomic mass is 9.93. The molecule has 0 fully saturated rings. The average molecular weight is 418 g/mol. The summed E-state index contributed by atoms with van der Waals surface area (Å²) in [6.07, 6.45) is -4.71. The summed E-state index contributed by atoms with van der Waals surface area (Å²) in [6.45, 7) is 7.81. The highest BCUT2D eigenvalue weighted by Crippen LogP contribution is 2.33. The first-order valence-corrected chi connectivity index (χ1v) is 9.75. The first-order chi connectivity index (χ1) is 12.6. The van der Waals surface area contributed by atoms with Gasteiger partial charge in [0.05, 0.1) is 10.5 Å². The number of nitrogens with zero attached hydrogens (tertiary/aromatic N) is 1. The van der Waals surface area contributed by atoms with Gasteiger partial charge in [-0.05, 0) is 32.0 Å². The third-order valence-corrected chi connectivity index (χ3v) is 6.58. The largest absolute Gasteiger partial charge is 0.416 e. The zero-order valence-corrected chi connectivity index (χ0v) is 16.8. The van der Waals surface area contributed by atoms with E-state index >= 15 is 0 Å². The van der Waals surface area contributed by atoms with Crippen molar-refractivity contribution < 1.29 is 30.9 Å². The SMILES string of the molecule is CC(C)(C)c1cc(NC(=O)C(C)(C)S(=O)(=O)c2cccc(C(F)(F)F)c2)no1. The van der Waals surface area contributed by atoms with Gasteiger partial charge in [-0.15, -0.1) is 0 Å². The summed E-state index contributed by atoms with van der Waals surface area (Å²) in [7, 11) is -4.43. The number of amides is 1. The molecule has 1 N–H and O–H groups in total. The van der Waals surface area contributed by atoms with Crippen molar-refractivity contribution >= 4 is 21.6 Å². The van der Waals surface area contributed by atoms with Crippen LogP contribution < -0.4 is 5.32 Å². The topological polar surface area (TPSA) is 89.3 Å². The molecule has 1 aromatic heterocycles. The first-order valence-electron chi connectivity index (χ1n) is 8.27. The van der Waals surface area contributed by atoms with E-state index < -0.39 is 37.1 Å². The fourth-order valence-corrected chi connectivity index (χ4v) is 3.63. The maximum absolute atomic E-state index is 12.9. The number of anilines is 1. The van der Waals surface area contributed by atoms with Crippen LogP contribution in [-0.4, -0.2) is 24.2 Å². The van der Waals surface area contributed by atoms with E-state index in [0.717, 1.165) is 32.0 Å². The Kier molecular flexibility index (Phi) is 5.41. The molecule has 1 heterocycles. The maximum Gasteiger partial charge on any atom is 0.416 e. The Hall–Kier alpha value is -2.36. The summed E-state index contributed by atoms with van der Waals surface area (Å²) in [5.41, 5.74) is -1.49. The molecule has 0 unspecified atom stereocenters. The number of aromatic nitrogens is 1. The second-order valence-corrected chi connectivity index (χ2v) is 10.3. The Balaban J connectivity index is 2.34. The third-order valence-electron chi connectivity index (χ3n) is 4.18. The van der Waals surface area contributed by atoms with Crippen molar-refractivity contribution in [3.05, 3.63) is 41.7 Å². The number of carbonyl (C=O) groups excluding carboxylic acids is 1. The molecule has 0 aliphatic heterocycles. The van der Waals surface area contributed by atoms with Crippen LogP contribution in [0.1, 0.15) is 45.9 Å². The summed E-state index contributed by atoms with van der Waals surface area (Å²) in [5, 5.41) is 6.04. The zero-order valence-electron chi connectivity index (χ0n) is 16.0. The van der Waals surface area contributed by atoms with Crippen molar-refractivity contribution in [3.63, 3.8) is 0 Å². The van der Waals surface area contributed by atoms with Gasteiger partial charge in [0.2, 0.25) is 5.91 Å². The Bertz CT molecular complexity index is 987. The van der Waals surface area contributed by atoms with Crippen LogP contribution in [-0.2, 0) is 26.2 Å². The highest BCUT2D eigenvalue weighted by Gasteiger charge is 2.44. The van der Waals surface area contributed by atoms with Crippen molar-refractivity contribution in [2.75, 3.05) is 5.32 Å². The molecule has 1 aromatic carbocycles. The lowest BCUT2D eigenvalue weighted by molar-refractivity contribution is -0.137. The predicted octanol–water partition coefficient (Wildman–Crippen LogP) is 4.18. The van der Waals surface area contributed by atoms with Crippen LogP contribution in [0.25, 0.3) is 0 Å². The van der Waals surface area contributed by atoms with E-state index in [-0.39, 0.29) is 11.2 Å². The van der Waals surface area contributed by atoms with Gasteiger partial charge in [0.25, 0.3) is 0 Å². The normalized spacial score (nSPS) is 13.4. The molecule has 0 radical (unpaired) electrons. The highest BCUT2D eigenvalue weighted by atomic mass is 32.2. The van der Waals surface area contributed by atoms with Crippen molar-refractivity contribution in [1.29, 1.82) is 0 Å². The standard InChI is InChI=1S/C18H21F3N2O4S/c1-16(2,3)13-10-14(23-27-13)22-15(24)17(4,5)28(25,26)12-8-6-7-11(9-12)18(19,20)21/h6-10H,1-5H3,(H,22,23,24). The lowest BCUT2D eigenvalue weighted by Gasteiger charge is -2.23. The fourth-order valence-electron chi connectivity index (χ4n) is 2.21. The highest BCUT2D eigenvalue weighted by molar-refractivity contribution is 7.93. The zero-order chi connectivity index (χ0) is 21.5. The van der Waals surface area contributed by atoms with Crippen LogP contribution in [0.5, 0.6) is 0 Å². The van der Waals surface area contributed by atoms with Crippen LogP contribution in [0.4, 0.5) is 19.0 Å². The number of sulfone groups is 1. The molecule has 0 saturated heterocycles. The number of benzene rings is 1. The van der Waals surface area contributed by atoms with Gasteiger partial charge in [-0.1, -0.05) is 32.0 Å². The summed E-state index contributed by atoms with van der Waals surface area (Å²) >= 11 is 0. The molecule has 2 aromatic rings. The molecular formula is C18H21F3N2O4S. The number of hydrogen-bond donors (Lipinski definition) is 1. The molecule has 6 nitrogen and oxygen atoms in total. The van der Waals surface area contributed by atoms with Crippen LogP contribution >= 0.6 is 0 Å². The summed E-state index contributed by atoms with van der Waals surface area (Å²) in [5.74, 6) is -0.456. The maximum atomic E-state index is 12.9. The smallest absolute Gasteiger partial charge is 0.359 e. The molecule has 1 amide bonds. The van der Waals surface area contributed by atoms with E-state index in [1.54, 1.807) is 0 Å². The van der Waals surface area contributed by atoms with E-state index in [4.69, 9.17) is 4.52 Å². The van der Waals surface area contributed by atoms with Crippen LogP contribution in [0.2, 0.25) is 0 Å². The monoisotopic (exact) mass is 418 g/mol. The van der Waals surface area contributed by atoms with E-state index in [9.17, 15) is 26.4 Å². The number of alkyl halides is 3. The second kappa shape index (κ2) is 6.91. The summed E-state index contributed by atoms with van der Waals surface area (Å²) < 4.78 is 67.5. The van der Waals surface area contributed by atoms with Gasteiger partial charge in [-0.2, -0.15) is 13.2 Å². The molecule has 10 heteroatoms. The van der Waals surface area contributed by atoms with Crippen molar-refractivity contribution in [2.45, 2.75) is 55.9 Å². The molecule has 2 rings (SSSR count). The van der Waals surface area contributed by atoms with Crippen LogP contribution in [0.15, 0.2) is 39.8 Å². The summed E-state index contributed by atoms with van der Waals surface area (Å²) in [4.78, 5) is 12.0. The van der Waals surface area contributed by atoms with E-state index in [1.807, 2.05) is 20.8 Å². The average Bonchev–Trinajstić information content (AvgIpc) is 3.02. The molecule has 154 valence electrons. The fraction of sp³-hybridized carbons (Fsp3) is 0.444. The molecule has 0 spiro atoms. The van der Waals surface area contributed by atoms with Gasteiger partial charge in [0, 0.05) is 11.5 Å². The van der Waals surface area contributed by atoms with Crippen LogP contribution in [0, 0.1) is 0 Å². The molecule has 0 atom stereocenters. The number of halogens is 3. The Morgan fingerprint density at radius 1 is 1.07 bits per heavy atom.